The highest BCUT2D eigenvalue weighted by atomic mass is 32.2. The van der Waals surface area contributed by atoms with Crippen molar-refractivity contribution in [1.29, 1.82) is 0 Å². The average Bonchev–Trinajstić information content (AvgIpc) is 3.44. The zero-order valence-electron chi connectivity index (χ0n) is 18.1. The number of benzene rings is 2. The fourth-order valence-electron chi connectivity index (χ4n) is 3.57. The van der Waals surface area contributed by atoms with E-state index in [2.05, 4.69) is 0 Å². The summed E-state index contributed by atoms with van der Waals surface area (Å²) in [7, 11) is -3.72. The van der Waals surface area contributed by atoms with Gasteiger partial charge in [-0.1, -0.05) is 35.9 Å². The minimum atomic E-state index is -3.72. The molecule has 2 aromatic carbocycles. The highest BCUT2D eigenvalue weighted by Gasteiger charge is 2.40. The van der Waals surface area contributed by atoms with Crippen molar-refractivity contribution in [1.82, 2.24) is 0 Å². The van der Waals surface area contributed by atoms with E-state index in [9.17, 15) is 13.2 Å². The van der Waals surface area contributed by atoms with Crippen LogP contribution in [0, 0.1) is 12.8 Å². The molecule has 0 aromatic heterocycles. The minimum absolute atomic E-state index is 0.160. The Bertz CT molecular complexity index is 987. The van der Waals surface area contributed by atoms with Crippen LogP contribution in [0.2, 0.25) is 0 Å². The van der Waals surface area contributed by atoms with Crippen LogP contribution in [0.1, 0.15) is 67.4 Å². The van der Waals surface area contributed by atoms with Gasteiger partial charge in [0.1, 0.15) is 5.60 Å². The molecule has 2 aromatic rings. The van der Waals surface area contributed by atoms with Crippen LogP contribution in [0.5, 0.6) is 0 Å². The van der Waals surface area contributed by atoms with Crippen LogP contribution >= 0.6 is 0 Å². The Morgan fingerprint density at radius 1 is 1.07 bits per heavy atom. The number of hydrogen-bond donors (Lipinski definition) is 0. The topological polar surface area (TPSA) is 69.7 Å². The lowest BCUT2D eigenvalue weighted by atomic mass is 10.0. The lowest BCUT2D eigenvalue weighted by Crippen LogP contribution is -2.24. The molecule has 0 amide bonds. The van der Waals surface area contributed by atoms with Gasteiger partial charge >= 0.3 is 5.97 Å². The number of carbonyl (C=O) groups excluding carboxylic acids is 1. The molecular formula is C24H30O5S. The molecular weight excluding hydrogens is 400 g/mol. The summed E-state index contributed by atoms with van der Waals surface area (Å²) in [6.45, 7) is 7.64. The van der Waals surface area contributed by atoms with Crippen molar-refractivity contribution >= 4 is 16.1 Å². The highest BCUT2D eigenvalue weighted by Crippen LogP contribution is 2.51. The first kappa shape index (κ1) is 22.5. The fourth-order valence-corrected chi connectivity index (χ4v) is 4.52. The van der Waals surface area contributed by atoms with Gasteiger partial charge < -0.3 is 4.74 Å². The molecule has 1 fully saturated rings. The van der Waals surface area contributed by atoms with Gasteiger partial charge in [0.2, 0.25) is 0 Å². The molecule has 0 bridgehead atoms. The van der Waals surface area contributed by atoms with Crippen LogP contribution in [0.25, 0.3) is 0 Å². The Kier molecular flexibility index (Phi) is 6.68. The Morgan fingerprint density at radius 3 is 2.40 bits per heavy atom. The Hall–Kier alpha value is -2.18. The molecule has 6 heteroatoms. The largest absolute Gasteiger partial charge is 0.456 e. The lowest BCUT2D eigenvalue weighted by Gasteiger charge is -2.20. The second-order valence-corrected chi connectivity index (χ2v) is 10.5. The summed E-state index contributed by atoms with van der Waals surface area (Å²) in [5.41, 5.74) is 2.11. The number of hydrogen-bond acceptors (Lipinski definition) is 5. The summed E-state index contributed by atoms with van der Waals surface area (Å²) in [5, 5.41) is 0. The molecule has 0 heterocycles. The summed E-state index contributed by atoms with van der Waals surface area (Å²) in [5.74, 6) is 0.443. The highest BCUT2D eigenvalue weighted by molar-refractivity contribution is 7.86. The van der Waals surface area contributed by atoms with E-state index >= 15 is 0 Å². The molecule has 2 unspecified atom stereocenters. The van der Waals surface area contributed by atoms with E-state index in [-0.39, 0.29) is 17.5 Å². The summed E-state index contributed by atoms with van der Waals surface area (Å²) >= 11 is 0. The van der Waals surface area contributed by atoms with E-state index < -0.39 is 15.7 Å². The van der Waals surface area contributed by atoms with Gasteiger partial charge in [0.25, 0.3) is 10.1 Å². The van der Waals surface area contributed by atoms with Crippen molar-refractivity contribution in [2.24, 2.45) is 5.92 Å². The van der Waals surface area contributed by atoms with Gasteiger partial charge in [0.15, 0.2) is 0 Å². The van der Waals surface area contributed by atoms with Crippen LogP contribution in [0.3, 0.4) is 0 Å². The molecule has 3 rings (SSSR count). The van der Waals surface area contributed by atoms with Crippen molar-refractivity contribution in [2.75, 3.05) is 6.61 Å². The van der Waals surface area contributed by atoms with Gasteiger partial charge in [-0.05, 0) is 82.6 Å². The second-order valence-electron chi connectivity index (χ2n) is 8.92. The van der Waals surface area contributed by atoms with Gasteiger partial charge in [-0.2, -0.15) is 8.42 Å². The molecule has 0 spiro atoms. The van der Waals surface area contributed by atoms with Gasteiger partial charge in [-0.25, -0.2) is 4.79 Å². The van der Waals surface area contributed by atoms with Crippen molar-refractivity contribution in [3.05, 3.63) is 65.2 Å². The van der Waals surface area contributed by atoms with Gasteiger partial charge in [-0.15, -0.1) is 0 Å². The predicted octanol–water partition coefficient (Wildman–Crippen LogP) is 5.24. The number of rotatable bonds is 8. The summed E-state index contributed by atoms with van der Waals surface area (Å²) in [6, 6.07) is 14.2. The average molecular weight is 431 g/mol. The van der Waals surface area contributed by atoms with E-state index in [1.165, 1.54) is 0 Å². The molecule has 30 heavy (non-hydrogen) atoms. The zero-order chi connectivity index (χ0) is 21.9. The Labute approximate surface area is 179 Å². The van der Waals surface area contributed by atoms with E-state index in [1.807, 2.05) is 52.0 Å². The van der Waals surface area contributed by atoms with Crippen LogP contribution in [-0.4, -0.2) is 26.6 Å². The molecule has 0 N–H and O–H groups in total. The van der Waals surface area contributed by atoms with Crippen LogP contribution in [-0.2, 0) is 19.0 Å². The molecule has 1 saturated carbocycles. The van der Waals surface area contributed by atoms with E-state index in [4.69, 9.17) is 8.92 Å². The third-order valence-electron chi connectivity index (χ3n) is 5.17. The number of ether oxygens (including phenoxy) is 1. The molecule has 0 saturated heterocycles. The molecule has 162 valence electrons. The summed E-state index contributed by atoms with van der Waals surface area (Å²) < 4.78 is 35.2. The Balaban J connectivity index is 1.51. The van der Waals surface area contributed by atoms with Crippen LogP contribution < -0.4 is 0 Å². The van der Waals surface area contributed by atoms with Crippen LogP contribution in [0.15, 0.2) is 53.4 Å². The monoisotopic (exact) mass is 430 g/mol. The SMILES string of the molecule is Cc1ccc(S(=O)(=O)OCCCC2CC2c2ccccc2C(=O)OC(C)(C)C)cc1. The van der Waals surface area contributed by atoms with Gasteiger partial charge in [0, 0.05) is 0 Å². The van der Waals surface area contributed by atoms with Crippen molar-refractivity contribution in [3.63, 3.8) is 0 Å². The molecule has 2 atom stereocenters. The maximum Gasteiger partial charge on any atom is 0.338 e. The fraction of sp³-hybridized carbons (Fsp3) is 0.458. The minimum Gasteiger partial charge on any atom is -0.456 e. The van der Waals surface area contributed by atoms with E-state index in [0.29, 0.717) is 23.8 Å². The first-order valence-electron chi connectivity index (χ1n) is 10.4. The molecule has 0 radical (unpaired) electrons. The quantitative estimate of drug-likeness (QED) is 0.325. The standard InChI is InChI=1S/C24H30O5S/c1-17-11-13-19(14-12-17)30(26,27)28-15-7-8-18-16-22(18)20-9-5-6-10-21(20)23(25)29-24(2,3)4/h5-6,9-14,18,22H,7-8,15-16H2,1-4H3. The number of carbonyl (C=O) groups is 1. The van der Waals surface area contributed by atoms with E-state index in [0.717, 1.165) is 24.0 Å². The zero-order valence-corrected chi connectivity index (χ0v) is 18.9. The molecule has 5 nitrogen and oxygen atoms in total. The third-order valence-corrected chi connectivity index (χ3v) is 6.50. The normalized spacial score (nSPS) is 18.8. The third kappa shape index (κ3) is 5.92. The van der Waals surface area contributed by atoms with Gasteiger partial charge in [-0.3, -0.25) is 4.18 Å². The maximum atomic E-state index is 12.5. The Morgan fingerprint density at radius 2 is 1.73 bits per heavy atom. The van der Waals surface area contributed by atoms with Crippen molar-refractivity contribution in [2.45, 2.75) is 63.4 Å². The number of esters is 1. The summed E-state index contributed by atoms with van der Waals surface area (Å²) in [6.07, 6.45) is 2.50. The second kappa shape index (κ2) is 8.90. The molecule has 1 aliphatic rings. The van der Waals surface area contributed by atoms with Crippen LogP contribution in [0.4, 0.5) is 0 Å². The van der Waals surface area contributed by atoms with E-state index in [1.54, 1.807) is 24.3 Å². The maximum absolute atomic E-state index is 12.5. The van der Waals surface area contributed by atoms with Crippen molar-refractivity contribution < 1.29 is 22.1 Å². The smallest absolute Gasteiger partial charge is 0.338 e. The van der Waals surface area contributed by atoms with Crippen molar-refractivity contribution in [3.8, 4) is 0 Å². The number of aryl methyl sites for hydroxylation is 1. The lowest BCUT2D eigenvalue weighted by molar-refractivity contribution is 0.00681. The molecule has 1 aliphatic carbocycles. The first-order chi connectivity index (χ1) is 14.1. The van der Waals surface area contributed by atoms with Gasteiger partial charge in [0.05, 0.1) is 17.1 Å². The predicted molar refractivity (Wildman–Crippen MR) is 116 cm³/mol. The summed E-state index contributed by atoms with van der Waals surface area (Å²) in [4.78, 5) is 12.7. The molecule has 0 aliphatic heterocycles. The first-order valence-corrected chi connectivity index (χ1v) is 11.8.